The Bertz CT molecular complexity index is 456. The fourth-order valence-corrected chi connectivity index (χ4v) is 2.64. The summed E-state index contributed by atoms with van der Waals surface area (Å²) in [5.74, 6) is 1.65. The van der Waals surface area contributed by atoms with Gasteiger partial charge in [0.05, 0.1) is 11.0 Å². The number of hydrogen-bond acceptors (Lipinski definition) is 2. The van der Waals surface area contributed by atoms with Gasteiger partial charge in [0.1, 0.15) is 5.82 Å². The summed E-state index contributed by atoms with van der Waals surface area (Å²) in [6, 6.07) is 8.55. The van der Waals surface area contributed by atoms with Crippen LogP contribution in [0.3, 0.4) is 0 Å². The summed E-state index contributed by atoms with van der Waals surface area (Å²) in [4.78, 5) is 8.08. The lowest BCUT2D eigenvalue weighted by Crippen LogP contribution is -2.27. The summed E-state index contributed by atoms with van der Waals surface area (Å²) in [6.07, 6.45) is 4.67. The zero-order valence-corrected chi connectivity index (χ0v) is 9.32. The van der Waals surface area contributed by atoms with Gasteiger partial charge in [-0.2, -0.15) is 0 Å². The SMILES string of the molecule is N[C@H]1CCC[C@H](c2nc3ccccc3[nH]2)C1. The molecule has 84 valence electrons. The molecule has 0 aliphatic heterocycles. The summed E-state index contributed by atoms with van der Waals surface area (Å²) < 4.78 is 0. The van der Waals surface area contributed by atoms with Crippen LogP contribution in [-0.2, 0) is 0 Å². The number of fused-ring (bicyclic) bond motifs is 1. The van der Waals surface area contributed by atoms with Gasteiger partial charge in [-0.3, -0.25) is 0 Å². The molecule has 3 heteroatoms. The molecule has 2 atom stereocenters. The van der Waals surface area contributed by atoms with E-state index in [1.165, 1.54) is 12.8 Å². The van der Waals surface area contributed by atoms with Gasteiger partial charge < -0.3 is 10.7 Å². The third-order valence-corrected chi connectivity index (χ3v) is 3.51. The lowest BCUT2D eigenvalue weighted by molar-refractivity contribution is 0.384. The largest absolute Gasteiger partial charge is 0.342 e. The molecule has 1 aliphatic carbocycles. The highest BCUT2D eigenvalue weighted by Gasteiger charge is 2.23. The van der Waals surface area contributed by atoms with E-state index in [0.717, 1.165) is 29.7 Å². The fraction of sp³-hybridized carbons (Fsp3) is 0.462. The number of para-hydroxylation sites is 2. The van der Waals surface area contributed by atoms with Crippen molar-refractivity contribution >= 4 is 11.0 Å². The number of aromatic nitrogens is 2. The highest BCUT2D eigenvalue weighted by atomic mass is 14.9. The molecule has 1 fully saturated rings. The number of hydrogen-bond donors (Lipinski definition) is 2. The number of rotatable bonds is 1. The average molecular weight is 215 g/mol. The zero-order chi connectivity index (χ0) is 11.0. The van der Waals surface area contributed by atoms with E-state index in [-0.39, 0.29) is 0 Å². The van der Waals surface area contributed by atoms with Crippen molar-refractivity contribution in [3.63, 3.8) is 0 Å². The third kappa shape index (κ3) is 1.71. The number of imidazole rings is 1. The van der Waals surface area contributed by atoms with E-state index in [9.17, 15) is 0 Å². The van der Waals surface area contributed by atoms with Crippen LogP contribution in [-0.4, -0.2) is 16.0 Å². The van der Waals surface area contributed by atoms with Gasteiger partial charge in [0.2, 0.25) is 0 Å². The van der Waals surface area contributed by atoms with Gasteiger partial charge in [-0.25, -0.2) is 4.98 Å². The minimum absolute atomic E-state index is 0.354. The van der Waals surface area contributed by atoms with E-state index in [4.69, 9.17) is 5.73 Å². The number of benzene rings is 1. The van der Waals surface area contributed by atoms with Gasteiger partial charge in [-0.1, -0.05) is 18.6 Å². The predicted molar refractivity (Wildman–Crippen MR) is 65.3 cm³/mol. The second-order valence-electron chi connectivity index (χ2n) is 4.76. The van der Waals surface area contributed by atoms with Crippen molar-refractivity contribution in [2.24, 2.45) is 5.73 Å². The van der Waals surface area contributed by atoms with Gasteiger partial charge in [-0.05, 0) is 31.4 Å². The molecule has 3 rings (SSSR count). The van der Waals surface area contributed by atoms with Crippen molar-refractivity contribution in [3.8, 4) is 0 Å². The zero-order valence-electron chi connectivity index (χ0n) is 9.32. The van der Waals surface area contributed by atoms with Crippen LogP contribution in [0, 0.1) is 0 Å². The van der Waals surface area contributed by atoms with Crippen molar-refractivity contribution < 1.29 is 0 Å². The summed E-state index contributed by atoms with van der Waals surface area (Å²) >= 11 is 0. The molecule has 1 saturated carbocycles. The number of nitrogens with one attached hydrogen (secondary N) is 1. The summed E-state index contributed by atoms with van der Waals surface area (Å²) in [6.45, 7) is 0. The average Bonchev–Trinajstić information content (AvgIpc) is 2.72. The van der Waals surface area contributed by atoms with Crippen LogP contribution in [0.5, 0.6) is 0 Å². The second-order valence-corrected chi connectivity index (χ2v) is 4.76. The Morgan fingerprint density at radius 3 is 2.94 bits per heavy atom. The van der Waals surface area contributed by atoms with Crippen molar-refractivity contribution in [1.82, 2.24) is 9.97 Å². The Hall–Kier alpha value is -1.35. The first-order valence-corrected chi connectivity index (χ1v) is 6.03. The van der Waals surface area contributed by atoms with Crippen LogP contribution in [0.2, 0.25) is 0 Å². The van der Waals surface area contributed by atoms with Gasteiger partial charge in [0.25, 0.3) is 0 Å². The molecule has 0 spiro atoms. The Kier molecular flexibility index (Phi) is 2.40. The molecule has 1 aromatic carbocycles. The summed E-state index contributed by atoms with van der Waals surface area (Å²) in [5, 5.41) is 0. The predicted octanol–water partition coefficient (Wildman–Crippen LogP) is 2.55. The maximum absolute atomic E-state index is 6.02. The van der Waals surface area contributed by atoms with Crippen LogP contribution >= 0.6 is 0 Å². The minimum Gasteiger partial charge on any atom is -0.342 e. The first kappa shape index (κ1) is 9.85. The van der Waals surface area contributed by atoms with E-state index in [1.54, 1.807) is 0 Å². The first-order chi connectivity index (χ1) is 7.83. The summed E-state index contributed by atoms with van der Waals surface area (Å²) in [5.41, 5.74) is 8.22. The van der Waals surface area contributed by atoms with Crippen LogP contribution in [0.4, 0.5) is 0 Å². The third-order valence-electron chi connectivity index (χ3n) is 3.51. The van der Waals surface area contributed by atoms with Gasteiger partial charge in [0.15, 0.2) is 0 Å². The van der Waals surface area contributed by atoms with Crippen LogP contribution < -0.4 is 5.73 Å². The Morgan fingerprint density at radius 1 is 1.25 bits per heavy atom. The normalized spacial score (nSPS) is 26.1. The topological polar surface area (TPSA) is 54.7 Å². The molecule has 1 aromatic heterocycles. The Morgan fingerprint density at radius 2 is 2.12 bits per heavy atom. The van der Waals surface area contributed by atoms with Crippen LogP contribution in [0.25, 0.3) is 11.0 Å². The van der Waals surface area contributed by atoms with E-state index in [2.05, 4.69) is 22.1 Å². The highest BCUT2D eigenvalue weighted by Crippen LogP contribution is 2.31. The molecule has 1 heterocycles. The van der Waals surface area contributed by atoms with Crippen molar-refractivity contribution in [3.05, 3.63) is 30.1 Å². The minimum atomic E-state index is 0.354. The van der Waals surface area contributed by atoms with Gasteiger partial charge in [-0.15, -0.1) is 0 Å². The molecule has 1 aliphatic rings. The van der Waals surface area contributed by atoms with Crippen molar-refractivity contribution in [2.45, 2.75) is 37.6 Å². The number of aromatic amines is 1. The molecule has 0 bridgehead atoms. The van der Waals surface area contributed by atoms with E-state index in [1.807, 2.05) is 12.1 Å². The number of nitrogens with two attached hydrogens (primary N) is 1. The smallest absolute Gasteiger partial charge is 0.110 e. The van der Waals surface area contributed by atoms with Crippen molar-refractivity contribution in [2.75, 3.05) is 0 Å². The molecule has 0 saturated heterocycles. The molecule has 2 aromatic rings. The van der Waals surface area contributed by atoms with Crippen LogP contribution in [0.15, 0.2) is 24.3 Å². The maximum atomic E-state index is 6.02. The standard InChI is InChI=1S/C13H17N3/c14-10-5-3-4-9(8-10)13-15-11-6-1-2-7-12(11)16-13/h1-2,6-7,9-10H,3-5,8,14H2,(H,15,16)/t9-,10-/m0/s1. The molecular formula is C13H17N3. The Labute approximate surface area is 95.1 Å². The Balaban J connectivity index is 1.93. The first-order valence-electron chi connectivity index (χ1n) is 6.03. The summed E-state index contributed by atoms with van der Waals surface area (Å²) in [7, 11) is 0. The quantitative estimate of drug-likeness (QED) is 0.768. The highest BCUT2D eigenvalue weighted by molar-refractivity contribution is 5.74. The van der Waals surface area contributed by atoms with E-state index >= 15 is 0 Å². The molecule has 3 N–H and O–H groups in total. The second kappa shape index (κ2) is 3.91. The number of H-pyrrole nitrogens is 1. The number of nitrogens with zero attached hydrogens (tertiary/aromatic N) is 1. The van der Waals surface area contributed by atoms with Gasteiger partial charge >= 0.3 is 0 Å². The van der Waals surface area contributed by atoms with Gasteiger partial charge in [0, 0.05) is 12.0 Å². The lowest BCUT2D eigenvalue weighted by atomic mass is 9.86. The lowest BCUT2D eigenvalue weighted by Gasteiger charge is -2.24. The molecule has 16 heavy (non-hydrogen) atoms. The molecular weight excluding hydrogens is 198 g/mol. The molecule has 0 radical (unpaired) electrons. The van der Waals surface area contributed by atoms with Crippen molar-refractivity contribution in [1.29, 1.82) is 0 Å². The van der Waals surface area contributed by atoms with E-state index in [0.29, 0.717) is 12.0 Å². The fourth-order valence-electron chi connectivity index (χ4n) is 2.64. The monoisotopic (exact) mass is 215 g/mol. The van der Waals surface area contributed by atoms with E-state index < -0.39 is 0 Å². The molecule has 0 amide bonds. The molecule has 0 unspecified atom stereocenters. The van der Waals surface area contributed by atoms with Crippen LogP contribution in [0.1, 0.15) is 37.4 Å². The molecule has 3 nitrogen and oxygen atoms in total. The maximum Gasteiger partial charge on any atom is 0.110 e.